The van der Waals surface area contributed by atoms with Crippen LogP contribution < -0.4 is 10.1 Å². The van der Waals surface area contributed by atoms with Gasteiger partial charge in [0.2, 0.25) is 0 Å². The van der Waals surface area contributed by atoms with Crippen molar-refractivity contribution in [3.8, 4) is 5.75 Å². The smallest absolute Gasteiger partial charge is 0.132 e. The Bertz CT molecular complexity index is 634. The Hall–Kier alpha value is -1.14. The molecule has 5 heteroatoms. The maximum Gasteiger partial charge on any atom is 0.132 e. The van der Waals surface area contributed by atoms with Gasteiger partial charge in [0, 0.05) is 31.7 Å². The third-order valence-electron chi connectivity index (χ3n) is 6.42. The van der Waals surface area contributed by atoms with Crippen molar-refractivity contribution >= 4 is 0 Å². The fourth-order valence-corrected chi connectivity index (χ4v) is 4.84. The molecule has 1 aromatic rings. The van der Waals surface area contributed by atoms with Crippen molar-refractivity contribution in [1.29, 1.82) is 0 Å². The maximum atomic E-state index is 6.48. The van der Waals surface area contributed by atoms with Crippen LogP contribution in [0.3, 0.4) is 0 Å². The zero-order valence-electron chi connectivity index (χ0n) is 16.5. The molecule has 1 aliphatic carbocycles. The molecule has 26 heavy (non-hydrogen) atoms. The summed E-state index contributed by atoms with van der Waals surface area (Å²) in [4.78, 5) is 0. The van der Waals surface area contributed by atoms with Gasteiger partial charge in [-0.2, -0.15) is 0 Å². The third-order valence-corrected chi connectivity index (χ3v) is 6.42. The van der Waals surface area contributed by atoms with Crippen LogP contribution in [0.2, 0.25) is 0 Å². The minimum absolute atomic E-state index is 0.0186. The zero-order valence-corrected chi connectivity index (χ0v) is 16.5. The SMILES string of the molecule is CCOC1N(CC2CC2)N2CCC1(CCNC)c1cc(OC)ccc1C2. The first kappa shape index (κ1) is 18.2. The topological polar surface area (TPSA) is 37.0 Å². The molecule has 2 bridgehead atoms. The monoisotopic (exact) mass is 359 g/mol. The standard InChI is InChI=1S/C21H33N3O2/c1-4-26-20-21(9-11-22-2)10-12-23(24(20)14-16-5-6-16)15-17-7-8-18(25-3)13-19(17)21/h7-8,13,16,20,22H,4-6,9-12,14-15H2,1-3H3. The summed E-state index contributed by atoms with van der Waals surface area (Å²) in [5.74, 6) is 1.80. The van der Waals surface area contributed by atoms with Gasteiger partial charge in [0.1, 0.15) is 12.0 Å². The minimum atomic E-state index is 0.0186. The Morgan fingerprint density at radius 2 is 2.15 bits per heavy atom. The summed E-state index contributed by atoms with van der Waals surface area (Å²) in [6, 6.07) is 6.66. The van der Waals surface area contributed by atoms with E-state index in [2.05, 4.69) is 40.5 Å². The number of hydrogen-bond donors (Lipinski definition) is 1. The Morgan fingerprint density at radius 3 is 2.85 bits per heavy atom. The van der Waals surface area contributed by atoms with Crippen LogP contribution in [0.15, 0.2) is 18.2 Å². The summed E-state index contributed by atoms with van der Waals surface area (Å²) in [5, 5.41) is 8.51. The van der Waals surface area contributed by atoms with Gasteiger partial charge in [0.05, 0.1) is 7.11 Å². The van der Waals surface area contributed by atoms with Crippen LogP contribution in [-0.2, 0) is 16.7 Å². The van der Waals surface area contributed by atoms with Gasteiger partial charge in [-0.3, -0.25) is 0 Å². The molecule has 5 nitrogen and oxygen atoms in total. The van der Waals surface area contributed by atoms with Gasteiger partial charge in [-0.1, -0.05) is 6.07 Å². The second-order valence-corrected chi connectivity index (χ2v) is 8.04. The molecule has 0 aromatic heterocycles. The van der Waals surface area contributed by atoms with Crippen LogP contribution >= 0.6 is 0 Å². The van der Waals surface area contributed by atoms with E-state index in [0.717, 1.165) is 57.3 Å². The van der Waals surface area contributed by atoms with E-state index in [1.54, 1.807) is 7.11 Å². The molecule has 0 spiro atoms. The van der Waals surface area contributed by atoms with Gasteiger partial charge in [-0.05, 0) is 75.4 Å². The number of nitrogens with zero attached hydrogens (tertiary/aromatic N) is 2. The molecule has 1 N–H and O–H groups in total. The van der Waals surface area contributed by atoms with Crippen LogP contribution in [0.5, 0.6) is 5.75 Å². The first-order valence-electron chi connectivity index (χ1n) is 10.2. The minimum Gasteiger partial charge on any atom is -0.497 e. The van der Waals surface area contributed by atoms with E-state index in [-0.39, 0.29) is 11.6 Å². The molecule has 0 amide bonds. The van der Waals surface area contributed by atoms with E-state index in [0.29, 0.717) is 0 Å². The van der Waals surface area contributed by atoms with Crippen LogP contribution in [-0.4, -0.2) is 56.6 Å². The molecule has 3 atom stereocenters. The number of rotatable bonds is 8. The van der Waals surface area contributed by atoms with Gasteiger partial charge in [0.15, 0.2) is 0 Å². The van der Waals surface area contributed by atoms with E-state index >= 15 is 0 Å². The first-order chi connectivity index (χ1) is 12.7. The summed E-state index contributed by atoms with van der Waals surface area (Å²) in [6.45, 7) is 7.10. The number of hydrogen-bond acceptors (Lipinski definition) is 5. The lowest BCUT2D eigenvalue weighted by atomic mass is 9.71. The molecule has 3 heterocycles. The van der Waals surface area contributed by atoms with E-state index in [4.69, 9.17) is 9.47 Å². The number of benzene rings is 1. The van der Waals surface area contributed by atoms with E-state index < -0.39 is 0 Å². The highest BCUT2D eigenvalue weighted by Crippen LogP contribution is 2.49. The molecular formula is C21H33N3O2. The molecule has 144 valence electrons. The van der Waals surface area contributed by atoms with Crippen molar-refractivity contribution in [2.45, 2.75) is 50.8 Å². The van der Waals surface area contributed by atoms with E-state index in [9.17, 15) is 0 Å². The van der Waals surface area contributed by atoms with Crippen molar-refractivity contribution in [2.24, 2.45) is 5.92 Å². The Balaban J connectivity index is 1.80. The quantitative estimate of drug-likeness (QED) is 0.772. The summed E-state index contributed by atoms with van der Waals surface area (Å²) in [7, 11) is 3.81. The van der Waals surface area contributed by atoms with E-state index in [1.165, 1.54) is 24.0 Å². The average Bonchev–Trinajstić information content (AvgIpc) is 3.50. The first-order valence-corrected chi connectivity index (χ1v) is 10.2. The zero-order chi connectivity index (χ0) is 18.1. The van der Waals surface area contributed by atoms with Crippen molar-refractivity contribution in [3.05, 3.63) is 29.3 Å². The number of methoxy groups -OCH3 is 1. The second kappa shape index (κ2) is 7.47. The number of nitrogens with one attached hydrogen (secondary N) is 1. The van der Waals surface area contributed by atoms with Gasteiger partial charge < -0.3 is 14.8 Å². The van der Waals surface area contributed by atoms with Crippen molar-refractivity contribution in [3.63, 3.8) is 0 Å². The molecule has 1 aromatic carbocycles. The maximum absolute atomic E-state index is 6.48. The molecular weight excluding hydrogens is 326 g/mol. The molecule has 4 aliphatic rings. The van der Waals surface area contributed by atoms with Gasteiger partial charge in [0.25, 0.3) is 0 Å². The molecule has 1 saturated carbocycles. The molecule has 2 fully saturated rings. The van der Waals surface area contributed by atoms with Crippen LogP contribution in [0.25, 0.3) is 0 Å². The highest BCUT2D eigenvalue weighted by Gasteiger charge is 2.53. The van der Waals surface area contributed by atoms with E-state index in [1.807, 2.05) is 7.05 Å². The fourth-order valence-electron chi connectivity index (χ4n) is 4.84. The summed E-state index contributed by atoms with van der Waals surface area (Å²) < 4.78 is 12.1. The molecule has 3 aliphatic heterocycles. The Kier molecular flexibility index (Phi) is 5.24. The fraction of sp³-hybridized carbons (Fsp3) is 0.714. The predicted molar refractivity (Wildman–Crippen MR) is 103 cm³/mol. The highest BCUT2D eigenvalue weighted by molar-refractivity contribution is 5.43. The molecule has 0 radical (unpaired) electrons. The van der Waals surface area contributed by atoms with Crippen LogP contribution in [0.1, 0.15) is 43.7 Å². The lowest BCUT2D eigenvalue weighted by Crippen LogP contribution is -2.62. The second-order valence-electron chi connectivity index (χ2n) is 8.04. The van der Waals surface area contributed by atoms with Crippen LogP contribution in [0.4, 0.5) is 0 Å². The number of hydrazine groups is 1. The summed E-state index contributed by atoms with van der Waals surface area (Å²) >= 11 is 0. The summed E-state index contributed by atoms with van der Waals surface area (Å²) in [5.41, 5.74) is 2.89. The van der Waals surface area contributed by atoms with Crippen molar-refractivity contribution in [2.75, 3.05) is 40.4 Å². The molecule has 1 saturated heterocycles. The van der Waals surface area contributed by atoms with Crippen LogP contribution in [0, 0.1) is 5.92 Å². The number of fused-ring (bicyclic) bond motifs is 2. The average molecular weight is 360 g/mol. The van der Waals surface area contributed by atoms with Crippen molar-refractivity contribution < 1.29 is 9.47 Å². The van der Waals surface area contributed by atoms with Gasteiger partial charge in [-0.15, -0.1) is 0 Å². The lowest BCUT2D eigenvalue weighted by Gasteiger charge is -2.52. The Labute approximate surface area is 157 Å². The van der Waals surface area contributed by atoms with Gasteiger partial charge >= 0.3 is 0 Å². The van der Waals surface area contributed by atoms with Gasteiger partial charge in [-0.25, -0.2) is 10.0 Å². The third kappa shape index (κ3) is 3.15. The van der Waals surface area contributed by atoms with Crippen molar-refractivity contribution in [1.82, 2.24) is 15.3 Å². The summed E-state index contributed by atoms with van der Waals surface area (Å²) in [6.07, 6.45) is 5.08. The predicted octanol–water partition coefficient (Wildman–Crippen LogP) is 2.75. The largest absolute Gasteiger partial charge is 0.497 e. The number of ether oxygens (including phenoxy) is 2. The Morgan fingerprint density at radius 1 is 1.31 bits per heavy atom. The highest BCUT2D eigenvalue weighted by atomic mass is 16.5. The molecule has 3 unspecified atom stereocenters. The normalized spacial score (nSPS) is 30.9. The lowest BCUT2D eigenvalue weighted by molar-refractivity contribution is -0.225. The molecule has 5 rings (SSSR count).